The van der Waals surface area contributed by atoms with Crippen LogP contribution in [0.5, 0.6) is 0 Å². The molecule has 1 aliphatic heterocycles. The van der Waals surface area contributed by atoms with Gasteiger partial charge in [0.25, 0.3) is 0 Å². The minimum absolute atomic E-state index is 0.0354. The number of rotatable bonds is 7. The minimum atomic E-state index is -0.216. The number of amides is 1. The van der Waals surface area contributed by atoms with Crippen molar-refractivity contribution in [2.24, 2.45) is 0 Å². The number of carbonyl (C=O) groups excluding carboxylic acids is 1. The fourth-order valence-electron chi connectivity index (χ4n) is 3.64. The Morgan fingerprint density at radius 2 is 2.33 bits per heavy atom. The van der Waals surface area contributed by atoms with Gasteiger partial charge in [0.2, 0.25) is 5.91 Å². The van der Waals surface area contributed by atoms with Crippen molar-refractivity contribution in [1.82, 2.24) is 14.9 Å². The zero-order valence-corrected chi connectivity index (χ0v) is 16.7. The van der Waals surface area contributed by atoms with E-state index in [1.54, 1.807) is 15.9 Å². The molecule has 27 heavy (non-hydrogen) atoms. The topological polar surface area (TPSA) is 73.2 Å². The van der Waals surface area contributed by atoms with Gasteiger partial charge in [-0.2, -0.15) is 4.98 Å². The van der Waals surface area contributed by atoms with E-state index in [1.165, 1.54) is 11.8 Å². The summed E-state index contributed by atoms with van der Waals surface area (Å²) < 4.78 is 7.32. The molecule has 2 aliphatic rings. The molecule has 6 nitrogen and oxygen atoms in total. The van der Waals surface area contributed by atoms with Crippen molar-refractivity contribution in [3.8, 4) is 0 Å². The van der Waals surface area contributed by atoms with Crippen molar-refractivity contribution in [2.45, 2.75) is 49.8 Å². The number of hydrogen-bond acceptors (Lipinski definition) is 6. The molecule has 0 unspecified atom stereocenters. The van der Waals surface area contributed by atoms with Crippen molar-refractivity contribution in [3.63, 3.8) is 0 Å². The second kappa shape index (κ2) is 8.58. The van der Waals surface area contributed by atoms with E-state index in [4.69, 9.17) is 4.74 Å². The molecule has 1 amide bonds. The van der Waals surface area contributed by atoms with Gasteiger partial charge in [-0.05, 0) is 43.6 Å². The summed E-state index contributed by atoms with van der Waals surface area (Å²) in [6, 6.07) is 4.04. The number of thioether (sulfide) groups is 1. The molecule has 4 rings (SSSR count). The third-order valence-corrected chi connectivity index (χ3v) is 6.86. The Bertz CT molecular complexity index is 858. The molecule has 0 radical (unpaired) electrons. The summed E-state index contributed by atoms with van der Waals surface area (Å²) in [5.74, 6) is 0.243. The summed E-state index contributed by atoms with van der Waals surface area (Å²) in [5, 5.41) is 5.67. The van der Waals surface area contributed by atoms with Crippen LogP contribution in [0.3, 0.4) is 0 Å². The molecule has 0 saturated carbocycles. The Kier molecular flexibility index (Phi) is 5.95. The number of hydrogen-bond donors (Lipinski definition) is 1. The van der Waals surface area contributed by atoms with Gasteiger partial charge in [-0.15, -0.1) is 11.3 Å². The lowest BCUT2D eigenvalue weighted by atomic mass is 10.2. The maximum atomic E-state index is 12.6. The number of thiophene rings is 1. The van der Waals surface area contributed by atoms with Gasteiger partial charge in [0.05, 0.1) is 18.4 Å². The smallest absolute Gasteiger partial charge is 0.349 e. The first-order chi connectivity index (χ1) is 13.2. The molecule has 1 atom stereocenters. The van der Waals surface area contributed by atoms with Crippen LogP contribution in [-0.4, -0.2) is 40.5 Å². The van der Waals surface area contributed by atoms with Crippen LogP contribution in [0.4, 0.5) is 0 Å². The van der Waals surface area contributed by atoms with Gasteiger partial charge in [0.1, 0.15) is 5.03 Å². The fourth-order valence-corrected chi connectivity index (χ4v) is 5.24. The molecule has 2 aromatic rings. The van der Waals surface area contributed by atoms with Crippen LogP contribution in [-0.2, 0) is 28.9 Å². The van der Waals surface area contributed by atoms with E-state index >= 15 is 0 Å². The second-order valence-corrected chi connectivity index (χ2v) is 8.87. The third kappa shape index (κ3) is 4.44. The predicted octanol–water partition coefficient (Wildman–Crippen LogP) is 2.23. The summed E-state index contributed by atoms with van der Waals surface area (Å²) in [7, 11) is 0. The first-order valence-corrected chi connectivity index (χ1v) is 11.2. The summed E-state index contributed by atoms with van der Waals surface area (Å²) >= 11 is 3.02. The normalized spacial score (nSPS) is 18.6. The number of ether oxygens (including phenoxy) is 1. The maximum absolute atomic E-state index is 12.6. The van der Waals surface area contributed by atoms with Crippen LogP contribution in [0.25, 0.3) is 0 Å². The van der Waals surface area contributed by atoms with Crippen LogP contribution < -0.4 is 11.0 Å². The Balaban J connectivity index is 1.42. The highest BCUT2D eigenvalue weighted by Crippen LogP contribution is 2.29. The Labute approximate surface area is 166 Å². The lowest BCUT2D eigenvalue weighted by molar-refractivity contribution is -0.119. The van der Waals surface area contributed by atoms with E-state index in [1.807, 2.05) is 17.5 Å². The molecular weight excluding hydrogens is 382 g/mol. The van der Waals surface area contributed by atoms with Gasteiger partial charge in [-0.1, -0.05) is 17.8 Å². The lowest BCUT2D eigenvalue weighted by Gasteiger charge is -2.14. The molecule has 1 fully saturated rings. The summed E-state index contributed by atoms with van der Waals surface area (Å²) in [4.78, 5) is 30.2. The van der Waals surface area contributed by atoms with Gasteiger partial charge in [-0.25, -0.2) is 4.79 Å². The Morgan fingerprint density at radius 3 is 3.11 bits per heavy atom. The van der Waals surface area contributed by atoms with Crippen LogP contribution in [0.2, 0.25) is 0 Å². The quantitative estimate of drug-likeness (QED) is 0.565. The second-order valence-electron chi connectivity index (χ2n) is 6.87. The number of nitrogens with one attached hydrogen (secondary N) is 1. The van der Waals surface area contributed by atoms with E-state index in [2.05, 4.69) is 10.3 Å². The van der Waals surface area contributed by atoms with Crippen LogP contribution in [0, 0.1) is 0 Å². The van der Waals surface area contributed by atoms with E-state index in [9.17, 15) is 9.59 Å². The largest absolute Gasteiger partial charge is 0.376 e. The summed E-state index contributed by atoms with van der Waals surface area (Å²) in [6.45, 7) is 1.93. The molecule has 2 aromatic heterocycles. The molecule has 1 N–H and O–H groups in total. The molecule has 144 valence electrons. The fraction of sp³-hybridized carbons (Fsp3) is 0.526. The standard InChI is InChI=1S/C19H23N3O3S2/c23-17(20-10-13-4-2-8-25-13)12-27-18-15-6-1-7-16(15)22(19(24)21-18)11-14-5-3-9-26-14/h3,5,9,13H,1-2,4,6-8,10-12H2,(H,20,23)/t13-/m0/s1. The Morgan fingerprint density at radius 1 is 1.41 bits per heavy atom. The number of carbonyl (C=O) groups is 1. The van der Waals surface area contributed by atoms with Gasteiger partial charge >= 0.3 is 5.69 Å². The van der Waals surface area contributed by atoms with Crippen molar-refractivity contribution >= 4 is 29.0 Å². The molecular formula is C19H23N3O3S2. The van der Waals surface area contributed by atoms with E-state index in [0.29, 0.717) is 13.1 Å². The average molecular weight is 406 g/mol. The highest BCUT2D eigenvalue weighted by Gasteiger charge is 2.23. The van der Waals surface area contributed by atoms with E-state index in [-0.39, 0.29) is 23.5 Å². The van der Waals surface area contributed by atoms with E-state index < -0.39 is 0 Å². The Hall–Kier alpha value is -1.64. The number of nitrogens with zero attached hydrogens (tertiary/aromatic N) is 2. The lowest BCUT2D eigenvalue weighted by Crippen LogP contribution is -2.33. The van der Waals surface area contributed by atoms with Gasteiger partial charge in [-0.3, -0.25) is 9.36 Å². The zero-order valence-electron chi connectivity index (χ0n) is 15.1. The zero-order chi connectivity index (χ0) is 18.6. The van der Waals surface area contributed by atoms with Crippen molar-refractivity contribution in [2.75, 3.05) is 18.9 Å². The molecule has 0 spiro atoms. The third-order valence-electron chi connectivity index (χ3n) is 4.99. The molecule has 3 heterocycles. The minimum Gasteiger partial charge on any atom is -0.376 e. The highest BCUT2D eigenvalue weighted by atomic mass is 32.2. The average Bonchev–Trinajstić information content (AvgIpc) is 3.42. The van der Waals surface area contributed by atoms with Gasteiger partial charge in [0.15, 0.2) is 0 Å². The molecule has 0 aromatic carbocycles. The van der Waals surface area contributed by atoms with Crippen molar-refractivity contribution < 1.29 is 9.53 Å². The highest BCUT2D eigenvalue weighted by molar-refractivity contribution is 7.99. The first kappa shape index (κ1) is 18.7. The van der Waals surface area contributed by atoms with E-state index in [0.717, 1.165) is 59.9 Å². The van der Waals surface area contributed by atoms with Crippen molar-refractivity contribution in [3.05, 3.63) is 44.1 Å². The maximum Gasteiger partial charge on any atom is 0.349 e. The predicted molar refractivity (Wildman–Crippen MR) is 107 cm³/mol. The molecule has 1 saturated heterocycles. The van der Waals surface area contributed by atoms with Crippen LogP contribution >= 0.6 is 23.1 Å². The molecule has 8 heteroatoms. The van der Waals surface area contributed by atoms with Gasteiger partial charge < -0.3 is 10.1 Å². The van der Waals surface area contributed by atoms with Crippen LogP contribution in [0.15, 0.2) is 27.3 Å². The number of aromatic nitrogens is 2. The molecule has 1 aliphatic carbocycles. The van der Waals surface area contributed by atoms with Gasteiger partial charge in [0, 0.05) is 29.3 Å². The summed E-state index contributed by atoms with van der Waals surface area (Å²) in [5.41, 5.74) is 2.01. The first-order valence-electron chi connectivity index (χ1n) is 9.37. The SMILES string of the molecule is O=C(CSc1nc(=O)n(Cc2cccs2)c2c1CCC2)NC[C@@H]1CCCO1. The van der Waals surface area contributed by atoms with Crippen LogP contribution in [0.1, 0.15) is 35.4 Å². The number of fused-ring (bicyclic) bond motifs is 1. The summed E-state index contributed by atoms with van der Waals surface area (Å²) in [6.07, 6.45) is 5.06. The van der Waals surface area contributed by atoms with Crippen molar-refractivity contribution in [1.29, 1.82) is 0 Å². The molecule has 0 bridgehead atoms. The monoisotopic (exact) mass is 405 g/mol.